The number of hydrogen-bond donors (Lipinski definition) is 0. The van der Waals surface area contributed by atoms with Crippen molar-refractivity contribution in [2.45, 2.75) is 37.5 Å². The van der Waals surface area contributed by atoms with E-state index < -0.39 is 0 Å². The zero-order valence-electron chi connectivity index (χ0n) is 38.1. The van der Waals surface area contributed by atoms with Crippen molar-refractivity contribution in [1.82, 2.24) is 29.9 Å². The van der Waals surface area contributed by atoms with E-state index in [-0.39, 0.29) is 0 Å². The van der Waals surface area contributed by atoms with Gasteiger partial charge in [0.15, 0.2) is 34.9 Å². The van der Waals surface area contributed by atoms with E-state index in [1.807, 2.05) is 48.5 Å². The van der Waals surface area contributed by atoms with E-state index >= 15 is 0 Å². The van der Waals surface area contributed by atoms with Crippen molar-refractivity contribution in [3.05, 3.63) is 230 Å². The Bertz CT molecular complexity index is 3450. The van der Waals surface area contributed by atoms with Gasteiger partial charge in [-0.1, -0.05) is 206 Å². The molecule has 2 aromatic heterocycles. The third kappa shape index (κ3) is 7.53. The van der Waals surface area contributed by atoms with Crippen molar-refractivity contribution in [2.75, 3.05) is 0 Å². The molecule has 0 saturated heterocycles. The summed E-state index contributed by atoms with van der Waals surface area (Å²) in [4.78, 5) is 30.4. The van der Waals surface area contributed by atoms with Crippen molar-refractivity contribution in [2.24, 2.45) is 17.3 Å². The van der Waals surface area contributed by atoms with Crippen LogP contribution >= 0.6 is 0 Å². The Kier molecular flexibility index (Phi) is 10.2. The highest BCUT2D eigenvalue weighted by Gasteiger charge is 2.69. The predicted molar refractivity (Wildman–Crippen MR) is 277 cm³/mol. The second-order valence-corrected chi connectivity index (χ2v) is 19.1. The molecule has 6 nitrogen and oxygen atoms in total. The molecular weight excluding hydrogens is 841 g/mol. The minimum atomic E-state index is 0.372. The third-order valence-corrected chi connectivity index (χ3v) is 15.4. The number of rotatable bonds is 10. The molecule has 3 aliphatic carbocycles. The van der Waals surface area contributed by atoms with Gasteiger partial charge in [-0.05, 0) is 100 Å². The van der Waals surface area contributed by atoms with Gasteiger partial charge in [-0.2, -0.15) is 0 Å². The zero-order chi connectivity index (χ0) is 45.7. The first-order valence-corrected chi connectivity index (χ1v) is 24.3. The maximum atomic E-state index is 5.12. The van der Waals surface area contributed by atoms with Gasteiger partial charge in [-0.3, -0.25) is 0 Å². The van der Waals surface area contributed by atoms with Gasteiger partial charge in [0.05, 0.1) is 0 Å². The first-order chi connectivity index (χ1) is 34.1. The summed E-state index contributed by atoms with van der Waals surface area (Å²) in [6.45, 7) is 0. The average molecular weight is 889 g/mol. The summed E-state index contributed by atoms with van der Waals surface area (Å²) in [5.74, 6) is 6.72. The van der Waals surface area contributed by atoms with Crippen LogP contribution in [0.4, 0.5) is 0 Å². The van der Waals surface area contributed by atoms with Crippen molar-refractivity contribution < 1.29 is 0 Å². The quantitative estimate of drug-likeness (QED) is 0.136. The van der Waals surface area contributed by atoms with Crippen LogP contribution in [0.15, 0.2) is 218 Å². The molecule has 13 rings (SSSR count). The third-order valence-electron chi connectivity index (χ3n) is 15.4. The Balaban J connectivity index is 0.763. The number of hydrogen-bond acceptors (Lipinski definition) is 6. The van der Waals surface area contributed by atoms with E-state index in [0.717, 1.165) is 67.5 Å². The predicted octanol–water partition coefficient (Wildman–Crippen LogP) is 15.1. The standard InChI is InChI=1S/C63H48N6/c1-5-15-41(16-6-1)49-23-13-25-51(35-49)61-66-57(45-19-9-3-10-20-45)64-59(68-61)47-31-27-43(28-32-47)53-37-54-38-55-39-56(63(54,55)40-53)44-29-33-48(34-30-44)60-65-58(46-21-11-4-12-22-46)67-62(69-60)52-26-14-24-50(36-52)42-17-7-2-8-18-42/h1-36,53-56H,37-40H2. The first-order valence-electron chi connectivity index (χ1n) is 24.3. The molecule has 6 heteroatoms. The molecule has 0 N–H and O–H groups in total. The largest absolute Gasteiger partial charge is 0.208 e. The van der Waals surface area contributed by atoms with Gasteiger partial charge in [0, 0.05) is 33.4 Å². The van der Waals surface area contributed by atoms with Gasteiger partial charge in [0.1, 0.15) is 0 Å². The first kappa shape index (κ1) is 41.0. The topological polar surface area (TPSA) is 77.3 Å². The van der Waals surface area contributed by atoms with E-state index in [1.165, 1.54) is 36.8 Å². The Labute approximate surface area is 403 Å². The van der Waals surface area contributed by atoms with Crippen LogP contribution < -0.4 is 0 Å². The van der Waals surface area contributed by atoms with Gasteiger partial charge >= 0.3 is 0 Å². The SMILES string of the molecule is c1ccc(-c2cccc(-c3nc(-c4ccccc4)nc(-c4ccc(C5CC6CC7CC(c8ccc(-c9nc(-c%10ccccc%10)nc(-c%10cccc(-c%11ccccc%11)c%10)n9)cc8)C67C5)cc4)n3)c2)cc1. The van der Waals surface area contributed by atoms with Crippen molar-refractivity contribution >= 4 is 0 Å². The summed E-state index contributed by atoms with van der Waals surface area (Å²) in [5.41, 5.74) is 13.7. The summed E-state index contributed by atoms with van der Waals surface area (Å²) < 4.78 is 0. The fourth-order valence-corrected chi connectivity index (χ4v) is 11.9. The van der Waals surface area contributed by atoms with Crippen LogP contribution in [0.1, 0.15) is 48.6 Å². The molecule has 5 atom stereocenters. The van der Waals surface area contributed by atoms with E-state index in [0.29, 0.717) is 52.2 Å². The smallest absolute Gasteiger partial charge is 0.164 e. The van der Waals surface area contributed by atoms with Gasteiger partial charge in [-0.25, -0.2) is 29.9 Å². The monoisotopic (exact) mass is 888 g/mol. The van der Waals surface area contributed by atoms with Crippen LogP contribution in [0.5, 0.6) is 0 Å². The molecule has 5 unspecified atom stereocenters. The average Bonchev–Trinajstić information content (AvgIpc) is 3.81. The summed E-state index contributed by atoms with van der Waals surface area (Å²) in [5, 5.41) is 0. The van der Waals surface area contributed by atoms with Gasteiger partial charge in [0.25, 0.3) is 0 Å². The molecule has 0 amide bonds. The Morgan fingerprint density at radius 1 is 0.275 bits per heavy atom. The van der Waals surface area contributed by atoms with Gasteiger partial charge in [-0.15, -0.1) is 0 Å². The number of benzene rings is 8. The van der Waals surface area contributed by atoms with Crippen LogP contribution in [-0.4, -0.2) is 29.9 Å². The van der Waals surface area contributed by atoms with Crippen LogP contribution in [-0.2, 0) is 0 Å². The van der Waals surface area contributed by atoms with E-state index in [1.54, 1.807) is 0 Å². The molecule has 3 saturated carbocycles. The van der Waals surface area contributed by atoms with Crippen LogP contribution in [0.2, 0.25) is 0 Å². The van der Waals surface area contributed by atoms with Gasteiger partial charge in [0.2, 0.25) is 0 Å². The highest BCUT2D eigenvalue weighted by Crippen LogP contribution is 2.79. The second-order valence-electron chi connectivity index (χ2n) is 19.1. The van der Waals surface area contributed by atoms with Crippen molar-refractivity contribution in [1.29, 1.82) is 0 Å². The zero-order valence-corrected chi connectivity index (χ0v) is 38.1. The second kappa shape index (κ2) is 17.1. The molecule has 69 heavy (non-hydrogen) atoms. The molecule has 3 fully saturated rings. The normalized spacial score (nSPS) is 20.0. The molecule has 0 aliphatic heterocycles. The highest BCUT2D eigenvalue weighted by atomic mass is 15.0. The van der Waals surface area contributed by atoms with E-state index in [9.17, 15) is 0 Å². The van der Waals surface area contributed by atoms with E-state index in [4.69, 9.17) is 29.9 Å². The lowest BCUT2D eigenvalue weighted by Crippen LogP contribution is -2.58. The Morgan fingerprint density at radius 3 is 1.03 bits per heavy atom. The molecular formula is C63H48N6. The maximum Gasteiger partial charge on any atom is 0.164 e. The molecule has 3 aliphatic rings. The van der Waals surface area contributed by atoms with E-state index in [2.05, 4.69) is 170 Å². The minimum Gasteiger partial charge on any atom is -0.208 e. The van der Waals surface area contributed by atoms with Crippen LogP contribution in [0.3, 0.4) is 0 Å². The molecule has 0 bridgehead atoms. The molecule has 8 aromatic carbocycles. The Morgan fingerprint density at radius 2 is 0.609 bits per heavy atom. The molecule has 1 spiro atoms. The molecule has 330 valence electrons. The molecule has 0 radical (unpaired) electrons. The maximum absolute atomic E-state index is 5.12. The fraction of sp³-hybridized carbons (Fsp3) is 0.143. The fourth-order valence-electron chi connectivity index (χ4n) is 11.9. The summed E-state index contributed by atoms with van der Waals surface area (Å²) in [6, 6.07) is 76.7. The van der Waals surface area contributed by atoms with Crippen molar-refractivity contribution in [3.8, 4) is 90.6 Å². The molecule has 2 heterocycles. The lowest BCUT2D eigenvalue weighted by Gasteiger charge is -2.67. The minimum absolute atomic E-state index is 0.372. The Hall–Kier alpha value is -8.22. The van der Waals surface area contributed by atoms with Crippen molar-refractivity contribution in [3.63, 3.8) is 0 Å². The molecule has 10 aromatic rings. The highest BCUT2D eigenvalue weighted by molar-refractivity contribution is 5.74. The summed E-state index contributed by atoms with van der Waals surface area (Å²) in [6.07, 6.45) is 5.11. The number of nitrogens with zero attached hydrogens (tertiary/aromatic N) is 6. The lowest BCUT2D eigenvalue weighted by molar-refractivity contribution is -0.144. The summed E-state index contributed by atoms with van der Waals surface area (Å²) in [7, 11) is 0. The van der Waals surface area contributed by atoms with Gasteiger partial charge < -0.3 is 0 Å². The van der Waals surface area contributed by atoms with Crippen LogP contribution in [0.25, 0.3) is 90.6 Å². The lowest BCUT2D eigenvalue weighted by atomic mass is 9.37. The van der Waals surface area contributed by atoms with Crippen LogP contribution in [0, 0.1) is 17.3 Å². The summed E-state index contributed by atoms with van der Waals surface area (Å²) >= 11 is 0. The number of aromatic nitrogens is 6.